The van der Waals surface area contributed by atoms with E-state index in [1.807, 2.05) is 30.3 Å². The van der Waals surface area contributed by atoms with Crippen LogP contribution in [0.25, 0.3) is 0 Å². The number of carbonyl (C=O) groups excluding carboxylic acids is 1. The van der Waals surface area contributed by atoms with E-state index in [1.165, 1.54) is 57.8 Å². The monoisotopic (exact) mass is 289 g/mol. The van der Waals surface area contributed by atoms with E-state index in [0.29, 0.717) is 6.42 Å². The fraction of sp³-hybridized carbons (Fsp3) is 0.632. The highest BCUT2D eigenvalue weighted by atomic mass is 16.1. The van der Waals surface area contributed by atoms with Gasteiger partial charge in [0, 0.05) is 12.1 Å². The van der Waals surface area contributed by atoms with Crippen LogP contribution in [0.1, 0.15) is 77.6 Å². The van der Waals surface area contributed by atoms with Crippen molar-refractivity contribution >= 4 is 11.6 Å². The Morgan fingerprint density at radius 3 is 1.90 bits per heavy atom. The van der Waals surface area contributed by atoms with Crippen molar-refractivity contribution in [3.05, 3.63) is 30.3 Å². The molecule has 0 aliphatic heterocycles. The molecular formula is C19H31NO. The van der Waals surface area contributed by atoms with E-state index in [-0.39, 0.29) is 5.91 Å². The van der Waals surface area contributed by atoms with E-state index in [9.17, 15) is 4.79 Å². The molecule has 0 saturated heterocycles. The third-order valence-corrected chi connectivity index (χ3v) is 3.81. The molecule has 0 saturated carbocycles. The average molecular weight is 289 g/mol. The molecule has 0 heterocycles. The second-order valence-corrected chi connectivity index (χ2v) is 5.85. The molecule has 0 radical (unpaired) electrons. The zero-order valence-electron chi connectivity index (χ0n) is 13.6. The quantitative estimate of drug-likeness (QED) is 0.474. The molecule has 0 aliphatic rings. The lowest BCUT2D eigenvalue weighted by Gasteiger charge is -2.05. The van der Waals surface area contributed by atoms with Crippen molar-refractivity contribution in [1.82, 2.24) is 0 Å². The van der Waals surface area contributed by atoms with E-state index < -0.39 is 0 Å². The molecule has 0 fully saturated rings. The lowest BCUT2D eigenvalue weighted by atomic mass is 10.1. The van der Waals surface area contributed by atoms with E-state index in [4.69, 9.17) is 0 Å². The summed E-state index contributed by atoms with van der Waals surface area (Å²) in [5.41, 5.74) is 0.898. The van der Waals surface area contributed by atoms with Crippen LogP contribution < -0.4 is 5.32 Å². The largest absolute Gasteiger partial charge is 0.326 e. The van der Waals surface area contributed by atoms with Gasteiger partial charge in [0.05, 0.1) is 0 Å². The first kappa shape index (κ1) is 17.7. The standard InChI is InChI=1S/C19H31NO/c1-2-3-4-5-6-7-8-9-10-14-17-19(21)20-18-15-12-11-13-16-18/h11-13,15-16H,2-10,14,17H2,1H3,(H,20,21). The molecule has 1 rings (SSSR count). The second-order valence-electron chi connectivity index (χ2n) is 5.85. The summed E-state index contributed by atoms with van der Waals surface area (Å²) in [6.07, 6.45) is 13.7. The normalized spacial score (nSPS) is 10.5. The lowest BCUT2D eigenvalue weighted by Crippen LogP contribution is -2.10. The Labute approximate surface area is 130 Å². The summed E-state index contributed by atoms with van der Waals surface area (Å²) in [6.45, 7) is 2.26. The van der Waals surface area contributed by atoms with Crippen molar-refractivity contribution in [2.24, 2.45) is 0 Å². The van der Waals surface area contributed by atoms with Crippen LogP contribution in [0.4, 0.5) is 5.69 Å². The van der Waals surface area contributed by atoms with Gasteiger partial charge in [-0.1, -0.05) is 82.9 Å². The summed E-state index contributed by atoms with van der Waals surface area (Å²) in [6, 6.07) is 9.69. The molecule has 0 aliphatic carbocycles. The van der Waals surface area contributed by atoms with Crippen molar-refractivity contribution in [2.75, 3.05) is 5.32 Å². The lowest BCUT2D eigenvalue weighted by molar-refractivity contribution is -0.116. The van der Waals surface area contributed by atoms with Gasteiger partial charge >= 0.3 is 0 Å². The minimum Gasteiger partial charge on any atom is -0.326 e. The maximum Gasteiger partial charge on any atom is 0.224 e. The van der Waals surface area contributed by atoms with E-state index >= 15 is 0 Å². The van der Waals surface area contributed by atoms with Crippen LogP contribution in [-0.4, -0.2) is 5.91 Å². The smallest absolute Gasteiger partial charge is 0.224 e. The summed E-state index contributed by atoms with van der Waals surface area (Å²) < 4.78 is 0. The molecule has 0 bridgehead atoms. The molecule has 0 unspecified atom stereocenters. The highest BCUT2D eigenvalue weighted by molar-refractivity contribution is 5.90. The summed E-state index contributed by atoms with van der Waals surface area (Å²) in [5.74, 6) is 0.140. The first-order valence-corrected chi connectivity index (χ1v) is 8.68. The van der Waals surface area contributed by atoms with Crippen LogP contribution >= 0.6 is 0 Å². The van der Waals surface area contributed by atoms with Gasteiger partial charge < -0.3 is 5.32 Å². The molecule has 1 N–H and O–H groups in total. The average Bonchev–Trinajstić information content (AvgIpc) is 2.50. The molecule has 21 heavy (non-hydrogen) atoms. The molecule has 1 aromatic carbocycles. The molecular weight excluding hydrogens is 258 g/mol. The number of nitrogens with one attached hydrogen (secondary N) is 1. The Morgan fingerprint density at radius 1 is 0.810 bits per heavy atom. The summed E-state index contributed by atoms with van der Waals surface area (Å²) in [7, 11) is 0. The van der Waals surface area contributed by atoms with Gasteiger partial charge in [-0.15, -0.1) is 0 Å². The minimum atomic E-state index is 0.140. The van der Waals surface area contributed by atoms with E-state index in [2.05, 4.69) is 12.2 Å². The van der Waals surface area contributed by atoms with Crippen molar-refractivity contribution in [3.63, 3.8) is 0 Å². The predicted octanol–water partition coefficient (Wildman–Crippen LogP) is 5.94. The fourth-order valence-electron chi connectivity index (χ4n) is 2.52. The molecule has 1 aromatic rings. The van der Waals surface area contributed by atoms with E-state index in [0.717, 1.165) is 12.1 Å². The van der Waals surface area contributed by atoms with Crippen LogP contribution in [0.5, 0.6) is 0 Å². The molecule has 2 nitrogen and oxygen atoms in total. The van der Waals surface area contributed by atoms with Gasteiger partial charge in [-0.3, -0.25) is 4.79 Å². The number of rotatable bonds is 12. The van der Waals surface area contributed by atoms with Crippen LogP contribution in [-0.2, 0) is 4.79 Å². The molecule has 0 atom stereocenters. The number of anilines is 1. The first-order valence-electron chi connectivity index (χ1n) is 8.68. The van der Waals surface area contributed by atoms with Crippen molar-refractivity contribution in [1.29, 1.82) is 0 Å². The van der Waals surface area contributed by atoms with Crippen molar-refractivity contribution in [3.8, 4) is 0 Å². The number of amides is 1. The number of benzene rings is 1. The topological polar surface area (TPSA) is 29.1 Å². The van der Waals surface area contributed by atoms with Gasteiger partial charge in [-0.2, -0.15) is 0 Å². The Balaban J connectivity index is 1.89. The highest BCUT2D eigenvalue weighted by Gasteiger charge is 2.01. The number of hydrogen-bond acceptors (Lipinski definition) is 1. The van der Waals surface area contributed by atoms with Gasteiger partial charge in [0.15, 0.2) is 0 Å². The number of para-hydroxylation sites is 1. The predicted molar refractivity (Wildman–Crippen MR) is 91.5 cm³/mol. The Bertz CT molecular complexity index is 361. The Morgan fingerprint density at radius 2 is 1.33 bits per heavy atom. The molecule has 118 valence electrons. The van der Waals surface area contributed by atoms with Crippen molar-refractivity contribution < 1.29 is 4.79 Å². The molecule has 2 heteroatoms. The van der Waals surface area contributed by atoms with Gasteiger partial charge in [0.1, 0.15) is 0 Å². The van der Waals surface area contributed by atoms with Gasteiger partial charge in [-0.25, -0.2) is 0 Å². The van der Waals surface area contributed by atoms with Gasteiger partial charge in [0.2, 0.25) is 5.91 Å². The SMILES string of the molecule is CCCCCCCCCCCCC(=O)Nc1ccccc1. The minimum absolute atomic E-state index is 0.140. The third kappa shape index (κ3) is 10.1. The summed E-state index contributed by atoms with van der Waals surface area (Å²) in [4.78, 5) is 11.7. The highest BCUT2D eigenvalue weighted by Crippen LogP contribution is 2.12. The Kier molecular flexibility index (Phi) is 10.5. The number of unbranched alkanes of at least 4 members (excludes halogenated alkanes) is 9. The molecule has 1 amide bonds. The van der Waals surface area contributed by atoms with Crippen LogP contribution in [0.15, 0.2) is 30.3 Å². The third-order valence-electron chi connectivity index (χ3n) is 3.81. The van der Waals surface area contributed by atoms with Gasteiger partial charge in [0.25, 0.3) is 0 Å². The summed E-state index contributed by atoms with van der Waals surface area (Å²) >= 11 is 0. The number of hydrogen-bond donors (Lipinski definition) is 1. The van der Waals surface area contributed by atoms with Crippen LogP contribution in [0, 0.1) is 0 Å². The maximum atomic E-state index is 11.7. The number of carbonyl (C=O) groups is 1. The Hall–Kier alpha value is -1.31. The maximum absolute atomic E-state index is 11.7. The van der Waals surface area contributed by atoms with E-state index in [1.54, 1.807) is 0 Å². The second kappa shape index (κ2) is 12.4. The zero-order chi connectivity index (χ0) is 15.2. The molecule has 0 spiro atoms. The van der Waals surface area contributed by atoms with Crippen LogP contribution in [0.3, 0.4) is 0 Å². The zero-order valence-corrected chi connectivity index (χ0v) is 13.6. The van der Waals surface area contributed by atoms with Crippen LogP contribution in [0.2, 0.25) is 0 Å². The fourth-order valence-corrected chi connectivity index (χ4v) is 2.52. The molecule has 0 aromatic heterocycles. The van der Waals surface area contributed by atoms with Gasteiger partial charge in [-0.05, 0) is 18.6 Å². The van der Waals surface area contributed by atoms with Crippen molar-refractivity contribution in [2.45, 2.75) is 77.6 Å². The summed E-state index contributed by atoms with van der Waals surface area (Å²) in [5, 5.41) is 2.93. The first-order chi connectivity index (χ1) is 10.3.